The fraction of sp³-hybridized carbons (Fsp3) is 0.273. The van der Waals surface area contributed by atoms with E-state index >= 15 is 0 Å². The van der Waals surface area contributed by atoms with E-state index in [0.29, 0.717) is 17.0 Å². The standard InChI is InChI=1S/C11H11NO3/c1-3-10-12-8-5-4-7(11(13)14-2)6-9(8)15-10/h4-6H,3H2,1-2H3. The van der Waals surface area contributed by atoms with E-state index in [1.807, 2.05) is 6.92 Å². The number of oxazole rings is 1. The third kappa shape index (κ3) is 1.70. The number of nitrogens with zero attached hydrogens (tertiary/aromatic N) is 1. The van der Waals surface area contributed by atoms with E-state index in [2.05, 4.69) is 9.72 Å². The molecule has 0 radical (unpaired) electrons. The van der Waals surface area contributed by atoms with Gasteiger partial charge in [-0.15, -0.1) is 0 Å². The van der Waals surface area contributed by atoms with Crippen molar-refractivity contribution in [3.8, 4) is 0 Å². The highest BCUT2D eigenvalue weighted by Gasteiger charge is 2.09. The first-order chi connectivity index (χ1) is 7.24. The normalized spacial score (nSPS) is 10.5. The molecule has 1 aromatic heterocycles. The van der Waals surface area contributed by atoms with Crippen LogP contribution in [-0.4, -0.2) is 18.1 Å². The lowest BCUT2D eigenvalue weighted by Gasteiger charge is -1.96. The second-order valence-corrected chi connectivity index (χ2v) is 3.14. The third-order valence-electron chi connectivity index (χ3n) is 2.16. The first-order valence-corrected chi connectivity index (χ1v) is 4.72. The number of carbonyl (C=O) groups excluding carboxylic acids is 1. The molecule has 0 saturated heterocycles. The zero-order valence-corrected chi connectivity index (χ0v) is 8.61. The summed E-state index contributed by atoms with van der Waals surface area (Å²) < 4.78 is 10.1. The lowest BCUT2D eigenvalue weighted by Crippen LogP contribution is -2.00. The van der Waals surface area contributed by atoms with E-state index in [9.17, 15) is 4.79 Å². The van der Waals surface area contributed by atoms with E-state index in [1.54, 1.807) is 18.2 Å². The van der Waals surface area contributed by atoms with Gasteiger partial charge in [-0.3, -0.25) is 0 Å². The number of fused-ring (bicyclic) bond motifs is 1. The predicted octanol–water partition coefficient (Wildman–Crippen LogP) is 2.18. The molecule has 4 heteroatoms. The van der Waals surface area contributed by atoms with Crippen LogP contribution >= 0.6 is 0 Å². The van der Waals surface area contributed by atoms with Crippen LogP contribution in [0.25, 0.3) is 11.1 Å². The molecule has 0 N–H and O–H groups in total. The summed E-state index contributed by atoms with van der Waals surface area (Å²) in [5, 5.41) is 0. The van der Waals surface area contributed by atoms with Crippen molar-refractivity contribution in [3.63, 3.8) is 0 Å². The molecule has 15 heavy (non-hydrogen) atoms. The van der Waals surface area contributed by atoms with Gasteiger partial charge in [0.25, 0.3) is 0 Å². The summed E-state index contributed by atoms with van der Waals surface area (Å²) in [6, 6.07) is 5.08. The van der Waals surface area contributed by atoms with Crippen molar-refractivity contribution in [2.24, 2.45) is 0 Å². The van der Waals surface area contributed by atoms with Crippen LogP contribution in [0.1, 0.15) is 23.2 Å². The van der Waals surface area contributed by atoms with Crippen molar-refractivity contribution in [2.75, 3.05) is 7.11 Å². The van der Waals surface area contributed by atoms with E-state index in [4.69, 9.17) is 4.42 Å². The number of aryl methyl sites for hydroxylation is 1. The molecule has 0 bridgehead atoms. The molecular formula is C11H11NO3. The Morgan fingerprint density at radius 2 is 2.33 bits per heavy atom. The van der Waals surface area contributed by atoms with E-state index in [1.165, 1.54) is 7.11 Å². The summed E-state index contributed by atoms with van der Waals surface area (Å²) in [5.41, 5.74) is 1.86. The smallest absolute Gasteiger partial charge is 0.337 e. The highest BCUT2D eigenvalue weighted by molar-refractivity contribution is 5.93. The van der Waals surface area contributed by atoms with Crippen LogP contribution in [0, 0.1) is 0 Å². The molecule has 0 amide bonds. The van der Waals surface area contributed by atoms with E-state index < -0.39 is 0 Å². The summed E-state index contributed by atoms with van der Waals surface area (Å²) in [7, 11) is 1.35. The number of carbonyl (C=O) groups is 1. The molecule has 0 aliphatic heterocycles. The fourth-order valence-corrected chi connectivity index (χ4v) is 1.37. The highest BCUT2D eigenvalue weighted by Crippen LogP contribution is 2.17. The average Bonchev–Trinajstić information content (AvgIpc) is 2.69. The monoisotopic (exact) mass is 205 g/mol. The quantitative estimate of drug-likeness (QED) is 0.705. The van der Waals surface area contributed by atoms with Crippen molar-refractivity contribution in [1.29, 1.82) is 0 Å². The molecule has 0 fully saturated rings. The molecule has 0 saturated carbocycles. The van der Waals surface area contributed by atoms with Gasteiger partial charge in [-0.1, -0.05) is 6.92 Å². The summed E-state index contributed by atoms with van der Waals surface area (Å²) >= 11 is 0. The number of hydrogen-bond acceptors (Lipinski definition) is 4. The van der Waals surface area contributed by atoms with Crippen molar-refractivity contribution >= 4 is 17.1 Å². The molecule has 2 aromatic rings. The van der Waals surface area contributed by atoms with Gasteiger partial charge in [-0.05, 0) is 18.2 Å². The van der Waals surface area contributed by atoms with Crippen molar-refractivity contribution < 1.29 is 13.9 Å². The van der Waals surface area contributed by atoms with Gasteiger partial charge in [0.1, 0.15) is 5.52 Å². The maximum Gasteiger partial charge on any atom is 0.337 e. The van der Waals surface area contributed by atoms with Crippen LogP contribution in [0.3, 0.4) is 0 Å². The Bertz CT molecular complexity index is 502. The molecule has 78 valence electrons. The Balaban J connectivity index is 2.50. The zero-order chi connectivity index (χ0) is 10.8. The number of aromatic nitrogens is 1. The Hall–Kier alpha value is -1.84. The number of ether oxygens (including phenoxy) is 1. The highest BCUT2D eigenvalue weighted by atomic mass is 16.5. The van der Waals surface area contributed by atoms with Gasteiger partial charge < -0.3 is 9.15 Å². The Morgan fingerprint density at radius 3 is 3.00 bits per heavy atom. The molecule has 0 unspecified atom stereocenters. The van der Waals surface area contributed by atoms with Crippen LogP contribution in [-0.2, 0) is 11.2 Å². The molecule has 0 aliphatic carbocycles. The summed E-state index contributed by atoms with van der Waals surface area (Å²) in [5.74, 6) is 0.304. The van der Waals surface area contributed by atoms with Crippen molar-refractivity contribution in [1.82, 2.24) is 4.98 Å². The van der Waals surface area contributed by atoms with E-state index in [0.717, 1.165) is 11.9 Å². The van der Waals surface area contributed by atoms with Crippen molar-refractivity contribution in [3.05, 3.63) is 29.7 Å². The number of hydrogen-bond donors (Lipinski definition) is 0. The Labute approximate surface area is 86.9 Å². The number of esters is 1. The molecule has 0 aliphatic rings. The minimum Gasteiger partial charge on any atom is -0.465 e. The van der Waals surface area contributed by atoms with Crippen LogP contribution in [0.4, 0.5) is 0 Å². The maximum absolute atomic E-state index is 11.2. The molecule has 1 heterocycles. The Morgan fingerprint density at radius 1 is 1.53 bits per heavy atom. The van der Waals surface area contributed by atoms with Crippen LogP contribution in [0.5, 0.6) is 0 Å². The molecule has 2 rings (SSSR count). The van der Waals surface area contributed by atoms with Gasteiger partial charge in [0.05, 0.1) is 12.7 Å². The van der Waals surface area contributed by atoms with Crippen LogP contribution in [0.2, 0.25) is 0 Å². The number of benzene rings is 1. The second kappa shape index (κ2) is 3.73. The van der Waals surface area contributed by atoms with Gasteiger partial charge in [-0.2, -0.15) is 0 Å². The summed E-state index contributed by atoms with van der Waals surface area (Å²) in [4.78, 5) is 15.5. The topological polar surface area (TPSA) is 52.3 Å². The fourth-order valence-electron chi connectivity index (χ4n) is 1.37. The number of rotatable bonds is 2. The molecule has 0 atom stereocenters. The zero-order valence-electron chi connectivity index (χ0n) is 8.61. The van der Waals surface area contributed by atoms with Gasteiger partial charge in [-0.25, -0.2) is 9.78 Å². The predicted molar refractivity (Wildman–Crippen MR) is 54.7 cm³/mol. The second-order valence-electron chi connectivity index (χ2n) is 3.14. The lowest BCUT2D eigenvalue weighted by atomic mass is 10.2. The average molecular weight is 205 g/mol. The number of methoxy groups -OCH3 is 1. The first kappa shape index (κ1) is 9.71. The van der Waals surface area contributed by atoms with Crippen LogP contribution in [0.15, 0.2) is 22.6 Å². The summed E-state index contributed by atoms with van der Waals surface area (Å²) in [6.07, 6.45) is 0.738. The minimum atomic E-state index is -0.369. The molecule has 4 nitrogen and oxygen atoms in total. The van der Waals surface area contributed by atoms with Gasteiger partial charge >= 0.3 is 5.97 Å². The molecular weight excluding hydrogens is 194 g/mol. The third-order valence-corrected chi connectivity index (χ3v) is 2.16. The van der Waals surface area contributed by atoms with E-state index in [-0.39, 0.29) is 5.97 Å². The largest absolute Gasteiger partial charge is 0.465 e. The van der Waals surface area contributed by atoms with Gasteiger partial charge in [0.2, 0.25) is 0 Å². The van der Waals surface area contributed by atoms with Crippen LogP contribution < -0.4 is 0 Å². The maximum atomic E-state index is 11.2. The first-order valence-electron chi connectivity index (χ1n) is 4.72. The minimum absolute atomic E-state index is 0.369. The van der Waals surface area contributed by atoms with Crippen molar-refractivity contribution in [2.45, 2.75) is 13.3 Å². The SMILES string of the molecule is CCc1nc2ccc(C(=O)OC)cc2o1. The lowest BCUT2D eigenvalue weighted by molar-refractivity contribution is 0.0601. The van der Waals surface area contributed by atoms with Gasteiger partial charge in [0.15, 0.2) is 11.5 Å². The summed E-state index contributed by atoms with van der Waals surface area (Å²) in [6.45, 7) is 1.96. The Kier molecular flexibility index (Phi) is 2.41. The van der Waals surface area contributed by atoms with Gasteiger partial charge in [0, 0.05) is 6.42 Å². The molecule has 1 aromatic carbocycles. The molecule has 0 spiro atoms.